The molecule has 1 rings (SSSR count). The van der Waals surface area contributed by atoms with E-state index in [2.05, 4.69) is 21.8 Å². The largest absolute Gasteiger partial charge is 0.369 e. The standard InChI is InChI=1S/C16H27N5/c1-3-14-4-6-15(7-5-14)16(19-2)20-10-13-21(11-8-17)12-9-18/h3-7H,1,8-13,17-18H2,2H3,(H,19,20). The molecule has 1 aromatic rings. The first-order valence-electron chi connectivity index (χ1n) is 7.31. The number of hydrogen-bond acceptors (Lipinski definition) is 4. The van der Waals surface area contributed by atoms with E-state index in [4.69, 9.17) is 11.5 Å². The number of rotatable bonds is 9. The van der Waals surface area contributed by atoms with Crippen LogP contribution in [0.5, 0.6) is 0 Å². The van der Waals surface area contributed by atoms with Crippen molar-refractivity contribution in [2.75, 3.05) is 46.3 Å². The maximum atomic E-state index is 5.60. The second kappa shape index (κ2) is 10.1. The van der Waals surface area contributed by atoms with Crippen molar-refractivity contribution in [3.05, 3.63) is 42.0 Å². The minimum atomic E-state index is 0.651. The van der Waals surface area contributed by atoms with E-state index < -0.39 is 0 Å². The lowest BCUT2D eigenvalue weighted by Crippen LogP contribution is -2.40. The summed E-state index contributed by atoms with van der Waals surface area (Å²) in [7, 11) is 1.79. The summed E-state index contributed by atoms with van der Waals surface area (Å²) < 4.78 is 0. The summed E-state index contributed by atoms with van der Waals surface area (Å²) in [5.41, 5.74) is 13.4. The van der Waals surface area contributed by atoms with E-state index in [9.17, 15) is 0 Å². The molecule has 0 heterocycles. The van der Waals surface area contributed by atoms with Crippen molar-refractivity contribution in [3.8, 4) is 0 Å². The number of hydrogen-bond donors (Lipinski definition) is 3. The Labute approximate surface area is 127 Å². The van der Waals surface area contributed by atoms with Crippen LogP contribution in [-0.2, 0) is 0 Å². The van der Waals surface area contributed by atoms with Crippen LogP contribution in [0.3, 0.4) is 0 Å². The summed E-state index contributed by atoms with van der Waals surface area (Å²) in [6.07, 6.45) is 1.83. The van der Waals surface area contributed by atoms with Crippen molar-refractivity contribution in [2.24, 2.45) is 16.5 Å². The van der Waals surface area contributed by atoms with Gasteiger partial charge in [0, 0.05) is 51.9 Å². The van der Waals surface area contributed by atoms with Gasteiger partial charge in [-0.05, 0) is 5.56 Å². The smallest absolute Gasteiger partial charge is 0.128 e. The maximum absolute atomic E-state index is 5.60. The molecule has 0 aliphatic rings. The summed E-state index contributed by atoms with van der Waals surface area (Å²) in [5, 5.41) is 3.37. The van der Waals surface area contributed by atoms with Gasteiger partial charge in [-0.3, -0.25) is 9.89 Å². The second-order valence-electron chi connectivity index (χ2n) is 4.74. The Hall–Kier alpha value is -1.69. The number of aliphatic imine (C=N–C) groups is 1. The molecule has 0 aromatic heterocycles. The molecule has 0 bridgehead atoms. The van der Waals surface area contributed by atoms with E-state index in [0.29, 0.717) is 13.1 Å². The van der Waals surface area contributed by atoms with Crippen molar-refractivity contribution in [1.82, 2.24) is 10.2 Å². The molecule has 0 amide bonds. The van der Waals surface area contributed by atoms with E-state index in [-0.39, 0.29) is 0 Å². The number of nitrogens with two attached hydrogens (primary N) is 2. The van der Waals surface area contributed by atoms with Crippen LogP contribution in [0.15, 0.2) is 35.8 Å². The van der Waals surface area contributed by atoms with Crippen molar-refractivity contribution in [3.63, 3.8) is 0 Å². The van der Waals surface area contributed by atoms with E-state index in [1.807, 2.05) is 30.3 Å². The number of amidine groups is 1. The van der Waals surface area contributed by atoms with Crippen molar-refractivity contribution >= 4 is 11.9 Å². The summed E-state index contributed by atoms with van der Waals surface area (Å²) in [6, 6.07) is 8.16. The van der Waals surface area contributed by atoms with Gasteiger partial charge in [0.25, 0.3) is 0 Å². The first-order valence-corrected chi connectivity index (χ1v) is 7.31. The fourth-order valence-corrected chi connectivity index (χ4v) is 2.12. The van der Waals surface area contributed by atoms with Gasteiger partial charge in [0.15, 0.2) is 0 Å². The van der Waals surface area contributed by atoms with Gasteiger partial charge >= 0.3 is 0 Å². The van der Waals surface area contributed by atoms with E-state index >= 15 is 0 Å². The van der Waals surface area contributed by atoms with Gasteiger partial charge in [-0.15, -0.1) is 0 Å². The number of nitrogens with one attached hydrogen (secondary N) is 1. The van der Waals surface area contributed by atoms with Crippen LogP contribution >= 0.6 is 0 Å². The highest BCUT2D eigenvalue weighted by Crippen LogP contribution is 2.05. The molecule has 0 aliphatic carbocycles. The zero-order chi connectivity index (χ0) is 15.5. The fourth-order valence-electron chi connectivity index (χ4n) is 2.12. The minimum absolute atomic E-state index is 0.651. The Bertz CT molecular complexity index is 432. The second-order valence-corrected chi connectivity index (χ2v) is 4.74. The summed E-state index contributed by atoms with van der Waals surface area (Å²) in [4.78, 5) is 6.57. The highest BCUT2D eigenvalue weighted by molar-refractivity contribution is 5.98. The Morgan fingerprint density at radius 1 is 1.19 bits per heavy atom. The molecule has 0 unspecified atom stereocenters. The molecule has 5 nitrogen and oxygen atoms in total. The molecule has 0 saturated carbocycles. The maximum Gasteiger partial charge on any atom is 0.128 e. The predicted octanol–water partition coefficient (Wildman–Crippen LogP) is 0.515. The van der Waals surface area contributed by atoms with Gasteiger partial charge in [-0.1, -0.05) is 36.9 Å². The normalized spacial score (nSPS) is 11.7. The van der Waals surface area contributed by atoms with Gasteiger partial charge in [0.2, 0.25) is 0 Å². The highest BCUT2D eigenvalue weighted by Gasteiger charge is 2.05. The van der Waals surface area contributed by atoms with Crippen molar-refractivity contribution in [2.45, 2.75) is 0 Å². The molecular formula is C16H27N5. The predicted molar refractivity (Wildman–Crippen MR) is 91.5 cm³/mol. The summed E-state index contributed by atoms with van der Waals surface area (Å²) >= 11 is 0. The lowest BCUT2D eigenvalue weighted by molar-refractivity contribution is 0.293. The molecule has 0 fully saturated rings. The zero-order valence-corrected chi connectivity index (χ0v) is 12.9. The molecule has 1 aromatic carbocycles. The van der Waals surface area contributed by atoms with Crippen LogP contribution < -0.4 is 16.8 Å². The Balaban J connectivity index is 2.52. The molecule has 5 heteroatoms. The molecule has 5 N–H and O–H groups in total. The Kier molecular flexibility index (Phi) is 8.35. The van der Waals surface area contributed by atoms with Crippen LogP contribution in [0.4, 0.5) is 0 Å². The third kappa shape index (κ3) is 6.08. The fraction of sp³-hybridized carbons (Fsp3) is 0.438. The Morgan fingerprint density at radius 3 is 2.29 bits per heavy atom. The molecule has 0 aliphatic heterocycles. The summed E-state index contributed by atoms with van der Waals surface area (Å²) in [6.45, 7) is 8.51. The molecule has 21 heavy (non-hydrogen) atoms. The topological polar surface area (TPSA) is 79.7 Å². The minimum Gasteiger partial charge on any atom is -0.369 e. The van der Waals surface area contributed by atoms with Crippen LogP contribution in [0, 0.1) is 0 Å². The number of benzene rings is 1. The zero-order valence-electron chi connectivity index (χ0n) is 12.9. The highest BCUT2D eigenvalue weighted by atomic mass is 15.2. The van der Waals surface area contributed by atoms with E-state index in [0.717, 1.165) is 43.1 Å². The average Bonchev–Trinajstić information content (AvgIpc) is 2.52. The molecule has 0 spiro atoms. The first kappa shape index (κ1) is 17.4. The molecular weight excluding hydrogens is 262 g/mol. The monoisotopic (exact) mass is 289 g/mol. The van der Waals surface area contributed by atoms with Gasteiger partial charge in [0.05, 0.1) is 0 Å². The quantitative estimate of drug-likeness (QED) is 0.457. The molecule has 0 radical (unpaired) electrons. The summed E-state index contributed by atoms with van der Waals surface area (Å²) in [5.74, 6) is 0.894. The third-order valence-corrected chi connectivity index (χ3v) is 3.25. The van der Waals surface area contributed by atoms with Crippen LogP contribution in [-0.4, -0.2) is 57.1 Å². The van der Waals surface area contributed by atoms with Crippen molar-refractivity contribution in [1.29, 1.82) is 0 Å². The van der Waals surface area contributed by atoms with Gasteiger partial charge in [-0.25, -0.2) is 0 Å². The first-order chi connectivity index (χ1) is 10.2. The van der Waals surface area contributed by atoms with Crippen LogP contribution in [0.2, 0.25) is 0 Å². The lowest BCUT2D eigenvalue weighted by atomic mass is 10.1. The molecule has 0 saturated heterocycles. The SMILES string of the molecule is C=Cc1ccc(C(=NC)NCCN(CCN)CCN)cc1. The van der Waals surface area contributed by atoms with Crippen molar-refractivity contribution < 1.29 is 0 Å². The molecule has 0 atom stereocenters. The number of nitrogens with zero attached hydrogens (tertiary/aromatic N) is 2. The van der Waals surface area contributed by atoms with Crippen LogP contribution in [0.25, 0.3) is 6.08 Å². The van der Waals surface area contributed by atoms with Crippen LogP contribution in [0.1, 0.15) is 11.1 Å². The molecule has 116 valence electrons. The van der Waals surface area contributed by atoms with E-state index in [1.165, 1.54) is 0 Å². The van der Waals surface area contributed by atoms with E-state index in [1.54, 1.807) is 7.05 Å². The van der Waals surface area contributed by atoms with Gasteiger partial charge in [-0.2, -0.15) is 0 Å². The third-order valence-electron chi connectivity index (χ3n) is 3.25. The van der Waals surface area contributed by atoms with Gasteiger partial charge in [0.1, 0.15) is 5.84 Å². The lowest BCUT2D eigenvalue weighted by Gasteiger charge is -2.21. The Morgan fingerprint density at radius 2 is 1.81 bits per heavy atom. The van der Waals surface area contributed by atoms with Gasteiger partial charge < -0.3 is 16.8 Å². The average molecular weight is 289 g/mol.